The molecule has 22 heavy (non-hydrogen) atoms. The second-order valence-corrected chi connectivity index (χ2v) is 5.42. The fourth-order valence-corrected chi connectivity index (χ4v) is 2.51. The van der Waals surface area contributed by atoms with Crippen LogP contribution in [0.5, 0.6) is 0 Å². The van der Waals surface area contributed by atoms with Crippen molar-refractivity contribution in [2.75, 3.05) is 0 Å². The van der Waals surface area contributed by atoms with Crippen molar-refractivity contribution in [3.8, 4) is 0 Å². The Hall–Kier alpha value is -2.77. The molecule has 0 unspecified atom stereocenters. The second kappa shape index (κ2) is 4.62. The van der Waals surface area contributed by atoms with Crippen LogP contribution in [0.2, 0.25) is 0 Å². The number of fused-ring (bicyclic) bond motifs is 1. The number of carbonyl (C=O) groups is 1. The summed E-state index contributed by atoms with van der Waals surface area (Å²) in [5.41, 5.74) is 1.71. The lowest BCUT2D eigenvalue weighted by atomic mass is 10.2. The molecular formula is C14H12FN5O2. The van der Waals surface area contributed by atoms with Crippen LogP contribution in [0.4, 0.5) is 4.39 Å². The Morgan fingerprint density at radius 1 is 1.36 bits per heavy atom. The molecule has 0 spiro atoms. The van der Waals surface area contributed by atoms with Crippen LogP contribution in [-0.2, 0) is 6.54 Å². The van der Waals surface area contributed by atoms with Gasteiger partial charge in [0.15, 0.2) is 5.69 Å². The number of nitrogens with zero attached hydrogens (tertiary/aromatic N) is 5. The van der Waals surface area contributed by atoms with Crippen molar-refractivity contribution >= 4 is 11.6 Å². The predicted octanol–water partition coefficient (Wildman–Crippen LogP) is 1.69. The minimum absolute atomic E-state index is 0.133. The van der Waals surface area contributed by atoms with E-state index in [0.717, 1.165) is 18.4 Å². The van der Waals surface area contributed by atoms with Gasteiger partial charge in [0.1, 0.15) is 5.65 Å². The Bertz CT molecular complexity index is 881. The Balaban J connectivity index is 1.67. The molecule has 0 saturated heterocycles. The molecule has 4 rings (SSSR count). The number of rotatable bonds is 4. The monoisotopic (exact) mass is 301 g/mol. The van der Waals surface area contributed by atoms with Crippen molar-refractivity contribution in [3.63, 3.8) is 0 Å². The summed E-state index contributed by atoms with van der Waals surface area (Å²) in [5.74, 6) is -1.09. The molecule has 0 radical (unpaired) electrons. The molecule has 7 nitrogen and oxygen atoms in total. The summed E-state index contributed by atoms with van der Waals surface area (Å²) < 4.78 is 17.2. The third-order valence-electron chi connectivity index (χ3n) is 3.74. The van der Waals surface area contributed by atoms with E-state index in [-0.39, 0.29) is 18.2 Å². The van der Waals surface area contributed by atoms with Gasteiger partial charge in [-0.15, -0.1) is 5.10 Å². The summed E-state index contributed by atoms with van der Waals surface area (Å²) in [5, 5.41) is 16.1. The van der Waals surface area contributed by atoms with Gasteiger partial charge in [0.25, 0.3) is 0 Å². The topological polar surface area (TPSA) is 85.3 Å². The van der Waals surface area contributed by atoms with Crippen molar-refractivity contribution in [2.24, 2.45) is 0 Å². The summed E-state index contributed by atoms with van der Waals surface area (Å²) >= 11 is 0. The first-order valence-corrected chi connectivity index (χ1v) is 6.91. The van der Waals surface area contributed by atoms with Crippen LogP contribution >= 0.6 is 0 Å². The number of aromatic carboxylic acids is 1. The minimum Gasteiger partial charge on any atom is -0.476 e. The Morgan fingerprint density at radius 3 is 2.86 bits per heavy atom. The van der Waals surface area contributed by atoms with E-state index in [1.807, 2.05) is 0 Å². The lowest BCUT2D eigenvalue weighted by molar-refractivity contribution is 0.0690. The Morgan fingerprint density at radius 2 is 2.18 bits per heavy atom. The van der Waals surface area contributed by atoms with Gasteiger partial charge in [-0.2, -0.15) is 4.39 Å². The molecule has 1 aliphatic carbocycles. The van der Waals surface area contributed by atoms with Gasteiger partial charge in [0.05, 0.1) is 18.4 Å². The summed E-state index contributed by atoms with van der Waals surface area (Å²) in [6.45, 7) is 0.236. The van der Waals surface area contributed by atoms with E-state index in [4.69, 9.17) is 5.11 Å². The largest absolute Gasteiger partial charge is 0.476 e. The van der Waals surface area contributed by atoms with Crippen LogP contribution in [0, 0.1) is 5.95 Å². The van der Waals surface area contributed by atoms with Crippen LogP contribution in [0.25, 0.3) is 5.65 Å². The molecule has 3 aromatic heterocycles. The van der Waals surface area contributed by atoms with E-state index in [0.29, 0.717) is 17.3 Å². The number of aromatic nitrogens is 5. The summed E-state index contributed by atoms with van der Waals surface area (Å²) in [6.07, 6.45) is 4.98. The van der Waals surface area contributed by atoms with E-state index < -0.39 is 5.97 Å². The lowest BCUT2D eigenvalue weighted by Gasteiger charge is -2.02. The molecule has 0 bridgehead atoms. The van der Waals surface area contributed by atoms with Gasteiger partial charge >= 0.3 is 5.97 Å². The molecule has 0 atom stereocenters. The summed E-state index contributed by atoms with van der Waals surface area (Å²) in [6, 6.07) is 3.58. The zero-order valence-electron chi connectivity index (χ0n) is 11.5. The lowest BCUT2D eigenvalue weighted by Crippen LogP contribution is -2.01. The van der Waals surface area contributed by atoms with Crippen LogP contribution in [0.3, 0.4) is 0 Å². The molecule has 0 aliphatic heterocycles. The molecule has 0 amide bonds. The quantitative estimate of drug-likeness (QED) is 0.741. The van der Waals surface area contributed by atoms with E-state index >= 15 is 0 Å². The standard InChI is InChI=1S/C14H12FN5O2/c15-13-10(8-1-2-8)3-4-12-16-9(6-20(12)13)5-19-7-11(14(21)22)17-18-19/h3-4,6-8H,1-2,5H2,(H,21,22). The Labute approximate surface area is 124 Å². The van der Waals surface area contributed by atoms with Crippen LogP contribution in [0.1, 0.15) is 40.5 Å². The first-order valence-electron chi connectivity index (χ1n) is 6.91. The first kappa shape index (κ1) is 12.9. The summed E-state index contributed by atoms with van der Waals surface area (Å²) in [7, 11) is 0. The van der Waals surface area contributed by atoms with E-state index in [1.165, 1.54) is 15.3 Å². The van der Waals surface area contributed by atoms with Gasteiger partial charge in [-0.1, -0.05) is 11.3 Å². The molecule has 112 valence electrons. The maximum atomic E-state index is 14.4. The summed E-state index contributed by atoms with van der Waals surface area (Å²) in [4.78, 5) is 15.1. The van der Waals surface area contributed by atoms with Gasteiger partial charge in [-0.25, -0.2) is 14.5 Å². The van der Waals surface area contributed by atoms with E-state index in [9.17, 15) is 9.18 Å². The smallest absolute Gasteiger partial charge is 0.358 e. The molecule has 8 heteroatoms. The average Bonchev–Trinajstić information content (AvgIpc) is 3.06. The molecule has 0 aromatic carbocycles. The third kappa shape index (κ3) is 2.12. The number of hydrogen-bond donors (Lipinski definition) is 1. The highest BCUT2D eigenvalue weighted by molar-refractivity contribution is 5.84. The number of carboxylic acid groups (broad SMARTS) is 1. The highest BCUT2D eigenvalue weighted by Crippen LogP contribution is 2.41. The second-order valence-electron chi connectivity index (χ2n) is 5.42. The predicted molar refractivity (Wildman–Crippen MR) is 73.2 cm³/mol. The van der Waals surface area contributed by atoms with Crippen LogP contribution in [0.15, 0.2) is 24.5 Å². The van der Waals surface area contributed by atoms with Gasteiger partial charge < -0.3 is 5.11 Å². The molecule has 1 fully saturated rings. The number of imidazole rings is 1. The molecule has 1 aliphatic rings. The first-order chi connectivity index (χ1) is 10.6. The van der Waals surface area contributed by atoms with Crippen molar-refractivity contribution in [1.82, 2.24) is 24.4 Å². The number of carboxylic acids is 1. The third-order valence-corrected chi connectivity index (χ3v) is 3.74. The van der Waals surface area contributed by atoms with Crippen molar-refractivity contribution in [3.05, 3.63) is 47.4 Å². The average molecular weight is 301 g/mol. The van der Waals surface area contributed by atoms with Gasteiger partial charge in [0, 0.05) is 11.8 Å². The maximum Gasteiger partial charge on any atom is 0.358 e. The highest BCUT2D eigenvalue weighted by atomic mass is 19.1. The van der Waals surface area contributed by atoms with Crippen molar-refractivity contribution < 1.29 is 14.3 Å². The number of halogens is 1. The van der Waals surface area contributed by atoms with Gasteiger partial charge in [-0.3, -0.25) is 4.40 Å². The normalized spacial score (nSPS) is 14.6. The van der Waals surface area contributed by atoms with E-state index in [2.05, 4.69) is 15.3 Å². The molecule has 1 saturated carbocycles. The SMILES string of the molecule is O=C(O)c1cn(Cc2cn3c(F)c(C4CC4)ccc3n2)nn1. The van der Waals surface area contributed by atoms with Gasteiger partial charge in [-0.05, 0) is 24.8 Å². The van der Waals surface area contributed by atoms with Gasteiger partial charge in [0.2, 0.25) is 5.95 Å². The highest BCUT2D eigenvalue weighted by Gasteiger charge is 2.27. The zero-order valence-corrected chi connectivity index (χ0v) is 11.5. The Kier molecular flexibility index (Phi) is 2.72. The van der Waals surface area contributed by atoms with Crippen molar-refractivity contribution in [2.45, 2.75) is 25.3 Å². The van der Waals surface area contributed by atoms with Crippen molar-refractivity contribution in [1.29, 1.82) is 0 Å². The molecule has 3 aromatic rings. The molecular weight excluding hydrogens is 289 g/mol. The maximum absolute atomic E-state index is 14.4. The zero-order chi connectivity index (χ0) is 15.3. The molecule has 1 N–H and O–H groups in total. The number of pyridine rings is 1. The fraction of sp³-hybridized carbons (Fsp3) is 0.286. The van der Waals surface area contributed by atoms with Crippen LogP contribution in [-0.4, -0.2) is 35.5 Å². The number of hydrogen-bond acceptors (Lipinski definition) is 4. The van der Waals surface area contributed by atoms with Crippen LogP contribution < -0.4 is 0 Å². The molecule has 3 heterocycles. The van der Waals surface area contributed by atoms with E-state index in [1.54, 1.807) is 18.3 Å². The minimum atomic E-state index is -1.14. The fourth-order valence-electron chi connectivity index (χ4n) is 2.51.